The van der Waals surface area contributed by atoms with Crippen LogP contribution >= 0.6 is 11.8 Å². The Balaban J connectivity index is 1.19. The number of hydrogen-bond acceptors (Lipinski definition) is 7. The summed E-state index contributed by atoms with van der Waals surface area (Å²) in [5, 5.41) is 0.595. The molecule has 0 unspecified atom stereocenters. The highest BCUT2D eigenvalue weighted by atomic mass is 32.2. The standard InChI is InChI=1S/C40H36N2O5S/c1-27-10-16-32(17-11-27)41-40-42(33-18-12-28(2)13-19-33)39(43)38(48-40)24-30-14-20-34(36(22-30)44-3)47-26-31-15-21-35(37(23-31)45-4)46-25-29-8-6-5-7-9-29/h5-24H,25-26H2,1-4H3/b38-24+,41-40?. The summed E-state index contributed by atoms with van der Waals surface area (Å²) in [4.78, 5) is 20.9. The Kier molecular flexibility index (Phi) is 10.1. The summed E-state index contributed by atoms with van der Waals surface area (Å²) in [7, 11) is 3.22. The van der Waals surface area contributed by atoms with Gasteiger partial charge in [0.15, 0.2) is 28.2 Å². The van der Waals surface area contributed by atoms with E-state index >= 15 is 0 Å². The molecule has 48 heavy (non-hydrogen) atoms. The van der Waals surface area contributed by atoms with Crippen LogP contribution in [0.15, 0.2) is 125 Å². The molecular weight excluding hydrogens is 621 g/mol. The predicted octanol–water partition coefficient (Wildman–Crippen LogP) is 9.29. The van der Waals surface area contributed by atoms with E-state index in [1.54, 1.807) is 19.1 Å². The number of ether oxygens (including phenoxy) is 4. The van der Waals surface area contributed by atoms with Gasteiger partial charge in [0, 0.05) is 0 Å². The quantitative estimate of drug-likeness (QED) is 0.132. The summed E-state index contributed by atoms with van der Waals surface area (Å²) in [6, 6.07) is 37.2. The Morgan fingerprint density at radius 2 is 1.27 bits per heavy atom. The predicted molar refractivity (Wildman–Crippen MR) is 194 cm³/mol. The van der Waals surface area contributed by atoms with E-state index < -0.39 is 0 Å². The number of rotatable bonds is 11. The van der Waals surface area contributed by atoms with Gasteiger partial charge in [-0.25, -0.2) is 4.99 Å². The van der Waals surface area contributed by atoms with E-state index in [1.807, 2.05) is 135 Å². The first kappa shape index (κ1) is 32.5. The number of hydrogen-bond donors (Lipinski definition) is 0. The third-order valence-corrected chi connectivity index (χ3v) is 8.67. The molecule has 0 bridgehead atoms. The molecule has 0 saturated carbocycles. The van der Waals surface area contributed by atoms with E-state index in [4.69, 9.17) is 23.9 Å². The van der Waals surface area contributed by atoms with Crippen molar-refractivity contribution in [2.45, 2.75) is 27.1 Å². The van der Waals surface area contributed by atoms with Crippen molar-refractivity contribution >= 4 is 40.3 Å². The number of aliphatic imine (C=N–C) groups is 1. The Morgan fingerprint density at radius 3 is 1.94 bits per heavy atom. The van der Waals surface area contributed by atoms with Crippen LogP contribution in [0.5, 0.6) is 23.0 Å². The Hall–Kier alpha value is -5.47. The van der Waals surface area contributed by atoms with E-state index in [-0.39, 0.29) is 5.91 Å². The van der Waals surface area contributed by atoms with Gasteiger partial charge in [-0.3, -0.25) is 9.69 Å². The maximum absolute atomic E-state index is 13.8. The molecule has 0 N–H and O–H groups in total. The first-order valence-electron chi connectivity index (χ1n) is 15.5. The zero-order chi connectivity index (χ0) is 33.5. The Morgan fingerprint density at radius 1 is 0.667 bits per heavy atom. The average Bonchev–Trinajstić information content (AvgIpc) is 3.41. The van der Waals surface area contributed by atoms with Crippen LogP contribution in [0.25, 0.3) is 6.08 Å². The lowest BCUT2D eigenvalue weighted by molar-refractivity contribution is -0.113. The molecule has 5 aromatic rings. The monoisotopic (exact) mass is 656 g/mol. The van der Waals surface area contributed by atoms with Crippen LogP contribution < -0.4 is 23.8 Å². The molecule has 0 aliphatic carbocycles. The van der Waals surface area contributed by atoms with Crippen LogP contribution in [0.2, 0.25) is 0 Å². The largest absolute Gasteiger partial charge is 0.493 e. The molecule has 8 heteroatoms. The second-order valence-electron chi connectivity index (χ2n) is 11.3. The zero-order valence-electron chi connectivity index (χ0n) is 27.3. The van der Waals surface area contributed by atoms with Gasteiger partial charge in [0.2, 0.25) is 0 Å². The topological polar surface area (TPSA) is 69.6 Å². The maximum Gasteiger partial charge on any atom is 0.271 e. The lowest BCUT2D eigenvalue weighted by atomic mass is 10.1. The lowest BCUT2D eigenvalue weighted by Crippen LogP contribution is -2.28. The number of methoxy groups -OCH3 is 2. The molecule has 1 aliphatic rings. The molecule has 1 fully saturated rings. The summed E-state index contributed by atoms with van der Waals surface area (Å²) >= 11 is 1.34. The van der Waals surface area contributed by atoms with Gasteiger partial charge in [0.1, 0.15) is 13.2 Å². The zero-order valence-corrected chi connectivity index (χ0v) is 28.1. The second-order valence-corrected chi connectivity index (χ2v) is 12.3. The van der Waals surface area contributed by atoms with Crippen molar-refractivity contribution in [3.05, 3.63) is 148 Å². The molecule has 1 amide bonds. The van der Waals surface area contributed by atoms with Crippen molar-refractivity contribution in [2.24, 2.45) is 4.99 Å². The van der Waals surface area contributed by atoms with Crippen molar-refractivity contribution < 1.29 is 23.7 Å². The molecule has 0 radical (unpaired) electrons. The van der Waals surface area contributed by atoms with E-state index in [0.29, 0.717) is 46.3 Å². The lowest BCUT2D eigenvalue weighted by Gasteiger charge is -2.16. The fourth-order valence-electron chi connectivity index (χ4n) is 5.06. The van der Waals surface area contributed by atoms with Gasteiger partial charge in [-0.15, -0.1) is 0 Å². The van der Waals surface area contributed by atoms with E-state index in [2.05, 4.69) is 0 Å². The van der Waals surface area contributed by atoms with Crippen LogP contribution in [-0.2, 0) is 18.0 Å². The maximum atomic E-state index is 13.8. The molecule has 0 spiro atoms. The SMILES string of the molecule is COc1cc(/C=C2/SC(=Nc3ccc(C)cc3)N(c3ccc(C)cc3)C2=O)ccc1OCc1ccc(OCc2ccccc2)c(OC)c1. The summed E-state index contributed by atoms with van der Waals surface area (Å²) < 4.78 is 23.4. The van der Waals surface area contributed by atoms with Crippen molar-refractivity contribution in [3.8, 4) is 23.0 Å². The third-order valence-electron chi connectivity index (χ3n) is 7.70. The van der Waals surface area contributed by atoms with Gasteiger partial charge in [-0.05, 0) is 96.9 Å². The fourth-order valence-corrected chi connectivity index (χ4v) is 6.06. The van der Waals surface area contributed by atoms with Crippen LogP contribution in [-0.4, -0.2) is 25.3 Å². The highest BCUT2D eigenvalue weighted by Gasteiger charge is 2.34. The van der Waals surface area contributed by atoms with E-state index in [0.717, 1.165) is 39.2 Å². The number of anilines is 1. The number of carbonyl (C=O) groups excluding carboxylic acids is 1. The normalized spacial score (nSPS) is 14.4. The van der Waals surface area contributed by atoms with Crippen LogP contribution in [0.3, 0.4) is 0 Å². The van der Waals surface area contributed by atoms with Gasteiger partial charge in [0.25, 0.3) is 5.91 Å². The molecule has 242 valence electrons. The number of carbonyl (C=O) groups is 1. The van der Waals surface area contributed by atoms with Crippen LogP contribution in [0, 0.1) is 13.8 Å². The highest BCUT2D eigenvalue weighted by Crippen LogP contribution is 2.39. The number of aryl methyl sites for hydroxylation is 2. The smallest absolute Gasteiger partial charge is 0.271 e. The summed E-state index contributed by atoms with van der Waals surface area (Å²) in [5.74, 6) is 2.28. The number of amidine groups is 1. The number of amides is 1. The van der Waals surface area contributed by atoms with Crippen LogP contribution in [0.1, 0.15) is 27.8 Å². The van der Waals surface area contributed by atoms with Crippen molar-refractivity contribution in [1.29, 1.82) is 0 Å². The average molecular weight is 657 g/mol. The molecule has 0 atom stereocenters. The number of nitrogens with zero attached hydrogens (tertiary/aromatic N) is 2. The number of benzene rings is 5. The van der Waals surface area contributed by atoms with Gasteiger partial charge >= 0.3 is 0 Å². The molecule has 5 aromatic carbocycles. The third kappa shape index (κ3) is 7.73. The van der Waals surface area contributed by atoms with Crippen molar-refractivity contribution in [1.82, 2.24) is 0 Å². The van der Waals surface area contributed by atoms with Gasteiger partial charge in [-0.1, -0.05) is 77.9 Å². The van der Waals surface area contributed by atoms with Crippen molar-refractivity contribution in [2.75, 3.05) is 19.1 Å². The Bertz CT molecular complexity index is 1960. The minimum Gasteiger partial charge on any atom is -0.493 e. The Labute approximate surface area is 285 Å². The number of thioether (sulfide) groups is 1. The van der Waals surface area contributed by atoms with Gasteiger partial charge in [-0.2, -0.15) is 0 Å². The first-order chi connectivity index (χ1) is 23.4. The molecular formula is C40H36N2O5S. The minimum absolute atomic E-state index is 0.140. The van der Waals surface area contributed by atoms with E-state index in [9.17, 15) is 4.79 Å². The summed E-state index contributed by atoms with van der Waals surface area (Å²) in [6.45, 7) is 4.80. The van der Waals surface area contributed by atoms with Gasteiger partial charge < -0.3 is 18.9 Å². The van der Waals surface area contributed by atoms with Gasteiger partial charge in [0.05, 0.1) is 30.5 Å². The molecule has 1 saturated heterocycles. The van der Waals surface area contributed by atoms with E-state index in [1.165, 1.54) is 11.8 Å². The summed E-state index contributed by atoms with van der Waals surface area (Å²) in [6.07, 6.45) is 1.86. The minimum atomic E-state index is -0.140. The first-order valence-corrected chi connectivity index (χ1v) is 16.3. The highest BCUT2D eigenvalue weighted by molar-refractivity contribution is 8.19. The van der Waals surface area contributed by atoms with Crippen molar-refractivity contribution in [3.63, 3.8) is 0 Å². The summed E-state index contributed by atoms with van der Waals surface area (Å²) in [5.41, 5.74) is 6.60. The molecule has 1 aliphatic heterocycles. The second kappa shape index (κ2) is 15.0. The molecule has 0 aromatic heterocycles. The molecule has 6 rings (SSSR count). The molecule has 1 heterocycles. The molecule has 7 nitrogen and oxygen atoms in total. The fraction of sp³-hybridized carbons (Fsp3) is 0.150. The van der Waals surface area contributed by atoms with Crippen LogP contribution in [0.4, 0.5) is 11.4 Å².